The van der Waals surface area contributed by atoms with Gasteiger partial charge in [0, 0.05) is 6.04 Å². The van der Waals surface area contributed by atoms with Crippen molar-refractivity contribution in [2.75, 3.05) is 11.9 Å². The second-order valence-electron chi connectivity index (χ2n) is 4.63. The maximum atomic E-state index is 13.6. The molecule has 2 atom stereocenters. The molecule has 19 heavy (non-hydrogen) atoms. The number of anilines is 1. The highest BCUT2D eigenvalue weighted by atomic mass is 19.1. The Morgan fingerprint density at radius 2 is 2.21 bits per heavy atom. The largest absolute Gasteiger partial charge is 0.478 e. The first-order chi connectivity index (χ1) is 8.99. The number of hydrogen-bond donors (Lipinski definition) is 3. The number of benzene rings is 1. The SMILES string of the molecule is CC1NCCC1C(=O)Nc1cc(C(=O)O)ccc1F. The number of carboxylic acid groups (broad SMARTS) is 1. The summed E-state index contributed by atoms with van der Waals surface area (Å²) in [6, 6.07) is 3.36. The Kier molecular flexibility index (Phi) is 3.80. The summed E-state index contributed by atoms with van der Waals surface area (Å²) >= 11 is 0. The van der Waals surface area contributed by atoms with Gasteiger partial charge >= 0.3 is 5.97 Å². The quantitative estimate of drug-likeness (QED) is 0.774. The molecule has 1 aliphatic heterocycles. The van der Waals surface area contributed by atoms with Gasteiger partial charge in [-0.2, -0.15) is 0 Å². The summed E-state index contributed by atoms with van der Waals surface area (Å²) in [7, 11) is 0. The van der Waals surface area contributed by atoms with Gasteiger partial charge in [0.1, 0.15) is 5.82 Å². The maximum Gasteiger partial charge on any atom is 0.335 e. The molecule has 102 valence electrons. The monoisotopic (exact) mass is 266 g/mol. The molecule has 6 heteroatoms. The number of carboxylic acids is 1. The van der Waals surface area contributed by atoms with E-state index in [0.717, 1.165) is 24.7 Å². The molecule has 1 aliphatic rings. The molecule has 0 spiro atoms. The Bertz CT molecular complexity index is 519. The lowest BCUT2D eigenvalue weighted by Crippen LogP contribution is -2.32. The van der Waals surface area contributed by atoms with Gasteiger partial charge in [-0.05, 0) is 38.1 Å². The topological polar surface area (TPSA) is 78.4 Å². The summed E-state index contributed by atoms with van der Waals surface area (Å²) in [5.74, 6) is -2.32. The number of hydrogen-bond acceptors (Lipinski definition) is 3. The molecule has 0 saturated carbocycles. The lowest BCUT2D eigenvalue weighted by molar-refractivity contribution is -0.120. The summed E-state index contributed by atoms with van der Waals surface area (Å²) in [5.41, 5.74) is -0.154. The molecule has 0 bridgehead atoms. The molecular weight excluding hydrogens is 251 g/mol. The van der Waals surface area contributed by atoms with Gasteiger partial charge in [0.2, 0.25) is 5.91 Å². The van der Waals surface area contributed by atoms with Crippen LogP contribution in [0.3, 0.4) is 0 Å². The van der Waals surface area contributed by atoms with Crippen molar-refractivity contribution in [1.82, 2.24) is 5.32 Å². The van der Waals surface area contributed by atoms with Gasteiger partial charge in [-0.25, -0.2) is 9.18 Å². The average molecular weight is 266 g/mol. The maximum absolute atomic E-state index is 13.6. The van der Waals surface area contributed by atoms with Crippen molar-refractivity contribution in [3.8, 4) is 0 Å². The van der Waals surface area contributed by atoms with E-state index >= 15 is 0 Å². The fourth-order valence-corrected chi connectivity index (χ4v) is 2.20. The Hall–Kier alpha value is -1.95. The third-order valence-corrected chi connectivity index (χ3v) is 3.33. The third-order valence-electron chi connectivity index (χ3n) is 3.33. The lowest BCUT2D eigenvalue weighted by atomic mass is 10.0. The van der Waals surface area contributed by atoms with Crippen molar-refractivity contribution < 1.29 is 19.1 Å². The predicted molar refractivity (Wildman–Crippen MR) is 67.6 cm³/mol. The van der Waals surface area contributed by atoms with Crippen LogP contribution in [-0.2, 0) is 4.79 Å². The number of amides is 1. The van der Waals surface area contributed by atoms with Gasteiger partial charge < -0.3 is 15.7 Å². The van der Waals surface area contributed by atoms with E-state index in [-0.39, 0.29) is 29.1 Å². The number of nitrogens with one attached hydrogen (secondary N) is 2. The molecule has 1 saturated heterocycles. The molecule has 1 heterocycles. The number of rotatable bonds is 3. The molecule has 1 aromatic rings. The van der Waals surface area contributed by atoms with E-state index in [1.807, 2.05) is 6.92 Å². The van der Waals surface area contributed by atoms with Crippen molar-refractivity contribution >= 4 is 17.6 Å². The third kappa shape index (κ3) is 2.90. The molecule has 2 rings (SSSR count). The minimum Gasteiger partial charge on any atom is -0.478 e. The minimum atomic E-state index is -1.16. The van der Waals surface area contributed by atoms with Crippen LogP contribution in [0.1, 0.15) is 23.7 Å². The van der Waals surface area contributed by atoms with Crippen LogP contribution in [0.4, 0.5) is 10.1 Å². The average Bonchev–Trinajstić information content (AvgIpc) is 2.78. The normalized spacial score (nSPS) is 22.2. The van der Waals surface area contributed by atoms with Gasteiger partial charge in [-0.15, -0.1) is 0 Å². The van der Waals surface area contributed by atoms with Crippen LogP contribution in [0.25, 0.3) is 0 Å². The van der Waals surface area contributed by atoms with Gasteiger partial charge in [0.15, 0.2) is 0 Å². The number of halogens is 1. The Labute approximate surface area is 109 Å². The zero-order valence-corrected chi connectivity index (χ0v) is 10.4. The van der Waals surface area contributed by atoms with Crippen LogP contribution in [0.5, 0.6) is 0 Å². The molecule has 0 aliphatic carbocycles. The first-order valence-corrected chi connectivity index (χ1v) is 6.06. The van der Waals surface area contributed by atoms with E-state index in [2.05, 4.69) is 10.6 Å². The van der Waals surface area contributed by atoms with E-state index in [1.165, 1.54) is 0 Å². The van der Waals surface area contributed by atoms with Gasteiger partial charge in [0.25, 0.3) is 0 Å². The highest BCUT2D eigenvalue weighted by Crippen LogP contribution is 2.21. The highest BCUT2D eigenvalue weighted by molar-refractivity contribution is 5.95. The Balaban J connectivity index is 2.16. The van der Waals surface area contributed by atoms with E-state index < -0.39 is 11.8 Å². The second kappa shape index (κ2) is 5.36. The standard InChI is InChI=1S/C13H15FN2O3/c1-7-9(4-5-15-7)12(17)16-11-6-8(13(18)19)2-3-10(11)14/h2-3,6-7,9,15H,4-5H2,1H3,(H,16,17)(H,18,19). The number of aromatic carboxylic acids is 1. The Morgan fingerprint density at radius 1 is 1.47 bits per heavy atom. The molecule has 1 amide bonds. The van der Waals surface area contributed by atoms with Crippen molar-refractivity contribution in [1.29, 1.82) is 0 Å². The number of carbonyl (C=O) groups excluding carboxylic acids is 1. The van der Waals surface area contributed by atoms with Gasteiger partial charge in [-0.1, -0.05) is 0 Å². The molecule has 2 unspecified atom stereocenters. The lowest BCUT2D eigenvalue weighted by Gasteiger charge is -2.15. The zero-order valence-electron chi connectivity index (χ0n) is 10.4. The molecule has 5 nitrogen and oxygen atoms in total. The van der Waals surface area contributed by atoms with Crippen molar-refractivity contribution in [2.24, 2.45) is 5.92 Å². The minimum absolute atomic E-state index is 0.0331. The summed E-state index contributed by atoms with van der Waals surface area (Å²) in [6.45, 7) is 2.64. The van der Waals surface area contributed by atoms with Crippen molar-refractivity contribution in [3.05, 3.63) is 29.6 Å². The highest BCUT2D eigenvalue weighted by Gasteiger charge is 2.29. The molecule has 3 N–H and O–H groups in total. The van der Waals surface area contributed by atoms with Crippen molar-refractivity contribution in [3.63, 3.8) is 0 Å². The van der Waals surface area contributed by atoms with Crippen LogP contribution in [0, 0.1) is 11.7 Å². The molecule has 1 aromatic carbocycles. The summed E-state index contributed by atoms with van der Waals surface area (Å²) in [6.07, 6.45) is 0.688. The molecule has 0 radical (unpaired) electrons. The van der Waals surface area contributed by atoms with E-state index in [0.29, 0.717) is 6.42 Å². The first-order valence-electron chi connectivity index (χ1n) is 6.06. The molecule has 1 fully saturated rings. The fourth-order valence-electron chi connectivity index (χ4n) is 2.20. The van der Waals surface area contributed by atoms with E-state index in [1.54, 1.807) is 0 Å². The number of carbonyl (C=O) groups is 2. The summed E-state index contributed by atoms with van der Waals surface area (Å²) in [4.78, 5) is 22.8. The molecular formula is C13H15FN2O3. The predicted octanol–water partition coefficient (Wildman–Crippen LogP) is 1.46. The van der Waals surface area contributed by atoms with Crippen molar-refractivity contribution in [2.45, 2.75) is 19.4 Å². The van der Waals surface area contributed by atoms with Crippen LogP contribution >= 0.6 is 0 Å². The van der Waals surface area contributed by atoms with Crippen LogP contribution in [-0.4, -0.2) is 29.6 Å². The van der Waals surface area contributed by atoms with Crippen LogP contribution in [0.15, 0.2) is 18.2 Å². The summed E-state index contributed by atoms with van der Waals surface area (Å²) < 4.78 is 13.6. The second-order valence-corrected chi connectivity index (χ2v) is 4.63. The van der Waals surface area contributed by atoms with Crippen LogP contribution < -0.4 is 10.6 Å². The summed E-state index contributed by atoms with van der Waals surface area (Å²) in [5, 5.41) is 14.4. The van der Waals surface area contributed by atoms with E-state index in [4.69, 9.17) is 5.11 Å². The van der Waals surface area contributed by atoms with E-state index in [9.17, 15) is 14.0 Å². The van der Waals surface area contributed by atoms with Gasteiger partial charge in [-0.3, -0.25) is 4.79 Å². The first kappa shape index (κ1) is 13.5. The van der Waals surface area contributed by atoms with Gasteiger partial charge in [0.05, 0.1) is 17.2 Å². The zero-order chi connectivity index (χ0) is 14.0. The van der Waals surface area contributed by atoms with Crippen LogP contribution in [0.2, 0.25) is 0 Å². The fraction of sp³-hybridized carbons (Fsp3) is 0.385. The molecule has 0 aromatic heterocycles. The smallest absolute Gasteiger partial charge is 0.335 e. The Morgan fingerprint density at radius 3 is 2.79 bits per heavy atom.